The Morgan fingerprint density at radius 2 is 2.41 bits per heavy atom. The number of halogens is 1. The second-order valence-corrected chi connectivity index (χ2v) is 5.70. The topological polar surface area (TPSA) is 52.2 Å². The highest BCUT2D eigenvalue weighted by atomic mass is 127. The van der Waals surface area contributed by atoms with E-state index in [2.05, 4.69) is 56.5 Å². The Kier molecular flexibility index (Phi) is 4.03. The summed E-state index contributed by atoms with van der Waals surface area (Å²) in [5.41, 5.74) is -0.0499. The van der Waals surface area contributed by atoms with Gasteiger partial charge in [-0.1, -0.05) is 0 Å². The van der Waals surface area contributed by atoms with Crippen LogP contribution >= 0.6 is 22.6 Å². The molecule has 1 aromatic rings. The van der Waals surface area contributed by atoms with E-state index < -0.39 is 0 Å². The van der Waals surface area contributed by atoms with Gasteiger partial charge < -0.3 is 14.8 Å². The summed E-state index contributed by atoms with van der Waals surface area (Å²) in [6, 6.07) is 0.466. The molecule has 0 radical (unpaired) electrons. The van der Waals surface area contributed by atoms with E-state index in [9.17, 15) is 4.79 Å². The molecule has 1 fully saturated rings. The van der Waals surface area contributed by atoms with Crippen LogP contribution in [0.15, 0.2) is 11.1 Å². The Morgan fingerprint density at radius 3 is 3.12 bits per heavy atom. The molecule has 0 spiro atoms. The number of likely N-dealkylation sites (N-methyl/N-ethyl adjacent to an activating group) is 1. The average Bonchev–Trinajstić information content (AvgIpc) is 2.69. The minimum atomic E-state index is -0.0499. The lowest BCUT2D eigenvalue weighted by molar-refractivity contribution is 0.371. The third kappa shape index (κ3) is 2.79. The van der Waals surface area contributed by atoms with Gasteiger partial charge in [0.15, 0.2) is 0 Å². The molecule has 5 nitrogen and oxygen atoms in total. The van der Waals surface area contributed by atoms with Crippen molar-refractivity contribution < 1.29 is 0 Å². The van der Waals surface area contributed by atoms with Gasteiger partial charge in [-0.15, -0.1) is 0 Å². The molecule has 0 amide bonds. The molecule has 1 aliphatic rings. The largest absolute Gasteiger partial charge is 0.351 e. The van der Waals surface area contributed by atoms with E-state index in [1.54, 1.807) is 0 Å². The van der Waals surface area contributed by atoms with Gasteiger partial charge in [-0.05, 0) is 49.5 Å². The SMILES string of the molecule is CN(C)CC1CCCN1c1nc[nH]c(=O)c1I. The van der Waals surface area contributed by atoms with Crippen LogP contribution in [0, 0.1) is 3.57 Å². The fourth-order valence-electron chi connectivity index (χ4n) is 2.30. The second-order valence-electron chi connectivity index (χ2n) is 4.62. The van der Waals surface area contributed by atoms with Gasteiger partial charge in [-0.3, -0.25) is 4.79 Å². The normalized spacial score (nSPS) is 20.2. The molecule has 1 atom stereocenters. The monoisotopic (exact) mass is 348 g/mol. The highest BCUT2D eigenvalue weighted by molar-refractivity contribution is 14.1. The second kappa shape index (κ2) is 5.34. The molecule has 0 aliphatic carbocycles. The predicted molar refractivity (Wildman–Crippen MR) is 76.5 cm³/mol. The summed E-state index contributed by atoms with van der Waals surface area (Å²) in [6.45, 7) is 2.00. The van der Waals surface area contributed by atoms with Gasteiger partial charge in [0.2, 0.25) is 0 Å². The summed E-state index contributed by atoms with van der Waals surface area (Å²) < 4.78 is 0.691. The van der Waals surface area contributed by atoms with Crippen LogP contribution in [0.5, 0.6) is 0 Å². The van der Waals surface area contributed by atoms with Crippen LogP contribution in [0.2, 0.25) is 0 Å². The first-order chi connectivity index (χ1) is 8.09. The van der Waals surface area contributed by atoms with E-state index in [4.69, 9.17) is 0 Å². The lowest BCUT2D eigenvalue weighted by Gasteiger charge is -2.28. The molecule has 2 rings (SSSR count). The number of hydrogen-bond acceptors (Lipinski definition) is 4. The van der Waals surface area contributed by atoms with Crippen LogP contribution in [0.3, 0.4) is 0 Å². The molecule has 1 saturated heterocycles. The fraction of sp³-hybridized carbons (Fsp3) is 0.636. The number of H-pyrrole nitrogens is 1. The molecule has 94 valence electrons. The van der Waals surface area contributed by atoms with E-state index >= 15 is 0 Å². The van der Waals surface area contributed by atoms with Crippen molar-refractivity contribution in [3.8, 4) is 0 Å². The molecule has 6 heteroatoms. The molecule has 1 unspecified atom stereocenters. The van der Waals surface area contributed by atoms with E-state index in [1.165, 1.54) is 19.2 Å². The average molecular weight is 348 g/mol. The van der Waals surface area contributed by atoms with Crippen molar-refractivity contribution >= 4 is 28.4 Å². The zero-order chi connectivity index (χ0) is 12.4. The van der Waals surface area contributed by atoms with Crippen LogP contribution in [0.1, 0.15) is 12.8 Å². The first-order valence-electron chi connectivity index (χ1n) is 5.74. The summed E-state index contributed by atoms with van der Waals surface area (Å²) in [7, 11) is 4.15. The highest BCUT2D eigenvalue weighted by Crippen LogP contribution is 2.25. The molecule has 17 heavy (non-hydrogen) atoms. The predicted octanol–water partition coefficient (Wildman–Crippen LogP) is 0.905. The number of aromatic nitrogens is 2. The number of rotatable bonds is 3. The quantitative estimate of drug-likeness (QED) is 0.825. The number of nitrogens with one attached hydrogen (secondary N) is 1. The Balaban J connectivity index is 2.26. The van der Waals surface area contributed by atoms with Crippen LogP contribution in [-0.4, -0.2) is 48.1 Å². The summed E-state index contributed by atoms with van der Waals surface area (Å²) >= 11 is 2.08. The maximum absolute atomic E-state index is 11.6. The molecule has 0 saturated carbocycles. The summed E-state index contributed by atoms with van der Waals surface area (Å²) in [6.07, 6.45) is 3.83. The summed E-state index contributed by atoms with van der Waals surface area (Å²) in [5, 5.41) is 0. The number of nitrogens with zero attached hydrogens (tertiary/aromatic N) is 3. The van der Waals surface area contributed by atoms with Crippen molar-refractivity contribution in [1.29, 1.82) is 0 Å². The van der Waals surface area contributed by atoms with Crippen LogP contribution in [-0.2, 0) is 0 Å². The molecule has 1 N–H and O–H groups in total. The third-order valence-electron chi connectivity index (χ3n) is 3.00. The van der Waals surface area contributed by atoms with Gasteiger partial charge in [-0.25, -0.2) is 4.98 Å². The van der Waals surface area contributed by atoms with E-state index in [-0.39, 0.29) is 5.56 Å². The van der Waals surface area contributed by atoms with Gasteiger partial charge in [0.05, 0.1) is 6.33 Å². The van der Waals surface area contributed by atoms with E-state index in [0.29, 0.717) is 9.61 Å². The van der Waals surface area contributed by atoms with Crippen LogP contribution in [0.4, 0.5) is 5.82 Å². The first kappa shape index (κ1) is 12.8. The minimum Gasteiger partial charge on any atom is -0.351 e. The Hall–Kier alpha value is -0.630. The van der Waals surface area contributed by atoms with Gasteiger partial charge in [-0.2, -0.15) is 0 Å². The third-order valence-corrected chi connectivity index (χ3v) is 3.98. The van der Waals surface area contributed by atoms with Crippen LogP contribution < -0.4 is 10.5 Å². The first-order valence-corrected chi connectivity index (χ1v) is 6.82. The van der Waals surface area contributed by atoms with Gasteiger partial charge in [0.1, 0.15) is 9.39 Å². The van der Waals surface area contributed by atoms with E-state index in [1.807, 2.05) is 0 Å². The number of aromatic amines is 1. The van der Waals surface area contributed by atoms with Crippen molar-refractivity contribution in [2.75, 3.05) is 32.1 Å². The lowest BCUT2D eigenvalue weighted by atomic mass is 10.2. The Labute approximate surface area is 114 Å². The molecule has 0 bridgehead atoms. The van der Waals surface area contributed by atoms with Gasteiger partial charge in [0.25, 0.3) is 5.56 Å². The zero-order valence-electron chi connectivity index (χ0n) is 10.1. The Bertz CT molecular complexity index is 445. The van der Waals surface area contributed by atoms with Crippen molar-refractivity contribution in [3.05, 3.63) is 20.3 Å². The van der Waals surface area contributed by atoms with Crippen molar-refractivity contribution in [2.45, 2.75) is 18.9 Å². The van der Waals surface area contributed by atoms with Gasteiger partial charge >= 0.3 is 0 Å². The van der Waals surface area contributed by atoms with Gasteiger partial charge in [0, 0.05) is 19.1 Å². The standard InChI is InChI=1S/C11H17IN4O/c1-15(2)6-8-4-3-5-16(8)10-9(12)11(17)14-7-13-10/h7-8H,3-6H2,1-2H3,(H,13,14,17). The molecular formula is C11H17IN4O. The van der Waals surface area contributed by atoms with Crippen molar-refractivity contribution in [2.24, 2.45) is 0 Å². The molecule has 1 aliphatic heterocycles. The smallest absolute Gasteiger partial charge is 0.266 e. The highest BCUT2D eigenvalue weighted by Gasteiger charge is 2.27. The number of anilines is 1. The maximum Gasteiger partial charge on any atom is 0.266 e. The molecule has 1 aromatic heterocycles. The van der Waals surface area contributed by atoms with Crippen LogP contribution in [0.25, 0.3) is 0 Å². The van der Waals surface area contributed by atoms with E-state index in [0.717, 1.165) is 18.9 Å². The zero-order valence-corrected chi connectivity index (χ0v) is 12.3. The fourth-order valence-corrected chi connectivity index (χ4v) is 2.90. The molecular weight excluding hydrogens is 331 g/mol. The Morgan fingerprint density at radius 1 is 1.65 bits per heavy atom. The molecule has 0 aromatic carbocycles. The minimum absolute atomic E-state index is 0.0499. The van der Waals surface area contributed by atoms with Crippen molar-refractivity contribution in [3.63, 3.8) is 0 Å². The number of hydrogen-bond donors (Lipinski definition) is 1. The molecule has 2 heterocycles. The summed E-state index contributed by atoms with van der Waals surface area (Å²) in [5.74, 6) is 0.832. The lowest BCUT2D eigenvalue weighted by Crippen LogP contribution is -2.39. The maximum atomic E-state index is 11.6. The summed E-state index contributed by atoms with van der Waals surface area (Å²) in [4.78, 5) is 23.0. The van der Waals surface area contributed by atoms with Crippen molar-refractivity contribution in [1.82, 2.24) is 14.9 Å².